The van der Waals surface area contributed by atoms with E-state index in [1.165, 1.54) is 24.3 Å². The van der Waals surface area contributed by atoms with E-state index in [1.807, 2.05) is 0 Å². The molecule has 2 aromatic carbocycles. The second kappa shape index (κ2) is 8.36. The molecule has 174 valence electrons. The molecule has 33 heavy (non-hydrogen) atoms. The maximum atomic E-state index is 13.1. The van der Waals surface area contributed by atoms with Gasteiger partial charge in [-0.05, 0) is 60.9 Å². The van der Waals surface area contributed by atoms with Crippen LogP contribution in [0.1, 0.15) is 32.7 Å². The molecular weight excluding hydrogens is 457 g/mol. The molecular formula is C23H21F3N2O4S. The van der Waals surface area contributed by atoms with Gasteiger partial charge in [0.25, 0.3) is 11.5 Å². The second-order valence-electron chi connectivity index (χ2n) is 7.82. The Morgan fingerprint density at radius 3 is 2.61 bits per heavy atom. The molecule has 10 heteroatoms. The zero-order chi connectivity index (χ0) is 24.0. The summed E-state index contributed by atoms with van der Waals surface area (Å²) in [7, 11) is -2.75. The van der Waals surface area contributed by atoms with Gasteiger partial charge in [0.2, 0.25) is 0 Å². The minimum absolute atomic E-state index is 0.0135. The third-order valence-electron chi connectivity index (χ3n) is 5.54. The second-order valence-corrected chi connectivity index (χ2v) is 10.0. The first-order valence-corrected chi connectivity index (χ1v) is 11.8. The zero-order valence-corrected chi connectivity index (χ0v) is 18.3. The van der Waals surface area contributed by atoms with Gasteiger partial charge in [-0.1, -0.05) is 18.2 Å². The molecule has 0 atom stereocenters. The number of halogens is 3. The van der Waals surface area contributed by atoms with Crippen LogP contribution in [-0.4, -0.2) is 25.3 Å². The van der Waals surface area contributed by atoms with Crippen LogP contribution in [0.3, 0.4) is 0 Å². The summed E-state index contributed by atoms with van der Waals surface area (Å²) < 4.78 is 60.4. The molecule has 1 aliphatic heterocycles. The van der Waals surface area contributed by atoms with Crippen molar-refractivity contribution in [3.63, 3.8) is 0 Å². The van der Waals surface area contributed by atoms with Crippen LogP contribution in [0.4, 0.5) is 13.2 Å². The molecule has 2 heterocycles. The van der Waals surface area contributed by atoms with Gasteiger partial charge in [-0.2, -0.15) is 23.8 Å². The number of alkyl halides is 3. The van der Waals surface area contributed by atoms with Crippen molar-refractivity contribution < 1.29 is 27.1 Å². The van der Waals surface area contributed by atoms with Crippen molar-refractivity contribution in [2.75, 3.05) is 5.75 Å². The van der Waals surface area contributed by atoms with Crippen molar-refractivity contribution in [2.24, 2.45) is 0 Å². The minimum atomic E-state index is -4.56. The van der Waals surface area contributed by atoms with E-state index in [1.54, 1.807) is 25.1 Å². The molecule has 0 saturated heterocycles. The number of aromatic nitrogens is 1. The molecule has 3 N–H and O–H groups in total. The fraction of sp³-hybridized carbons (Fsp3) is 0.217. The van der Waals surface area contributed by atoms with Gasteiger partial charge in [0.1, 0.15) is 5.56 Å². The predicted octanol–water partition coefficient (Wildman–Crippen LogP) is 4.76. The van der Waals surface area contributed by atoms with Crippen LogP contribution in [0.15, 0.2) is 64.3 Å². The average molecular weight is 478 g/mol. The van der Waals surface area contributed by atoms with Crippen molar-refractivity contribution in [3.8, 4) is 5.69 Å². The lowest BCUT2D eigenvalue weighted by Crippen LogP contribution is -2.33. The third-order valence-corrected chi connectivity index (χ3v) is 7.42. The summed E-state index contributed by atoms with van der Waals surface area (Å²) in [5, 5.41) is 2.65. The summed E-state index contributed by atoms with van der Waals surface area (Å²) in [4.78, 5) is 26.2. The molecule has 0 saturated carbocycles. The molecule has 1 amide bonds. The first-order valence-electron chi connectivity index (χ1n) is 10.0. The minimum Gasteiger partial charge on any atom is -0.348 e. The quantitative estimate of drug-likeness (QED) is 0.504. The van der Waals surface area contributed by atoms with E-state index in [2.05, 4.69) is 5.32 Å². The smallest absolute Gasteiger partial charge is 0.348 e. The van der Waals surface area contributed by atoms with Crippen LogP contribution in [0.5, 0.6) is 0 Å². The topological polar surface area (TPSA) is 91.6 Å². The number of carbonyl (C=O) groups excluding carboxylic acids is 1. The number of rotatable bonds is 4. The Labute approximate surface area is 189 Å². The summed E-state index contributed by atoms with van der Waals surface area (Å²) in [6, 6.07) is 12.3. The summed E-state index contributed by atoms with van der Waals surface area (Å²) in [5.74, 6) is -0.387. The first-order chi connectivity index (χ1) is 15.5. The van der Waals surface area contributed by atoms with Gasteiger partial charge in [-0.3, -0.25) is 23.3 Å². The van der Waals surface area contributed by atoms with Crippen LogP contribution in [0.2, 0.25) is 0 Å². The number of nitrogens with zero attached hydrogens (tertiary/aromatic N) is 1. The molecule has 0 bridgehead atoms. The van der Waals surface area contributed by atoms with E-state index in [9.17, 15) is 31.9 Å². The van der Waals surface area contributed by atoms with E-state index in [0.29, 0.717) is 17.0 Å². The van der Waals surface area contributed by atoms with Gasteiger partial charge in [0.05, 0.1) is 10.5 Å². The largest absolute Gasteiger partial charge is 0.416 e. The molecule has 6 nitrogen and oxygen atoms in total. The van der Waals surface area contributed by atoms with E-state index in [-0.39, 0.29) is 23.5 Å². The lowest BCUT2D eigenvalue weighted by molar-refractivity contribution is -0.137. The van der Waals surface area contributed by atoms with Crippen molar-refractivity contribution in [1.29, 1.82) is 0 Å². The lowest BCUT2D eigenvalue weighted by atomic mass is 10.1. The first kappa shape index (κ1) is 23.1. The van der Waals surface area contributed by atoms with Gasteiger partial charge in [-0.15, -0.1) is 0 Å². The Bertz CT molecular complexity index is 1300. The molecule has 0 unspecified atom stereocenters. The van der Waals surface area contributed by atoms with Gasteiger partial charge < -0.3 is 5.32 Å². The van der Waals surface area contributed by atoms with E-state index >= 15 is 0 Å². The van der Waals surface area contributed by atoms with Crippen LogP contribution in [0.25, 0.3) is 5.69 Å². The number of benzene rings is 2. The molecule has 4 rings (SSSR count). The predicted molar refractivity (Wildman–Crippen MR) is 119 cm³/mol. The molecule has 0 radical (unpaired) electrons. The Kier molecular flexibility index (Phi) is 5.85. The van der Waals surface area contributed by atoms with E-state index in [0.717, 1.165) is 27.8 Å². The Morgan fingerprint density at radius 2 is 1.88 bits per heavy atom. The van der Waals surface area contributed by atoms with Gasteiger partial charge >= 0.3 is 6.18 Å². The molecule has 0 fully saturated rings. The number of hydrogen-bond donors (Lipinski definition) is 3. The van der Waals surface area contributed by atoms with Crippen molar-refractivity contribution in [1.82, 2.24) is 9.88 Å². The number of carbonyl (C=O) groups is 1. The van der Waals surface area contributed by atoms with Crippen LogP contribution >= 0.6 is 10.6 Å². The summed E-state index contributed by atoms with van der Waals surface area (Å²) in [5.41, 5.74) is 0.110. The number of hydrogen-bond acceptors (Lipinski definition) is 4. The molecule has 1 aromatic heterocycles. The SMILES string of the molecule is Cc1ccc(C(=O)NCc2ccc3c(c2)CCS3(O)O)c(=O)n1-c1cccc(C(F)(F)F)c1. The summed E-state index contributed by atoms with van der Waals surface area (Å²) in [6.45, 7) is 1.67. The normalized spacial score (nSPS) is 15.7. The molecule has 0 aliphatic carbocycles. The molecule has 1 aliphatic rings. The monoisotopic (exact) mass is 478 g/mol. The highest BCUT2D eigenvalue weighted by Gasteiger charge is 2.31. The van der Waals surface area contributed by atoms with E-state index < -0.39 is 33.8 Å². The van der Waals surface area contributed by atoms with Crippen LogP contribution in [0, 0.1) is 6.92 Å². The van der Waals surface area contributed by atoms with Crippen LogP contribution < -0.4 is 10.9 Å². The fourth-order valence-electron chi connectivity index (χ4n) is 3.84. The highest BCUT2D eigenvalue weighted by Crippen LogP contribution is 2.54. The van der Waals surface area contributed by atoms with Crippen molar-refractivity contribution in [3.05, 3.63) is 92.9 Å². The maximum absolute atomic E-state index is 13.1. The van der Waals surface area contributed by atoms with Crippen LogP contribution in [-0.2, 0) is 19.1 Å². The highest BCUT2D eigenvalue weighted by molar-refractivity contribution is 8.24. The van der Waals surface area contributed by atoms with Gasteiger partial charge in [0.15, 0.2) is 0 Å². The Balaban J connectivity index is 1.58. The standard InChI is InChI=1S/C23H21F3N2O4S/c1-14-5-7-19(22(30)28(14)18-4-2-3-17(12-18)23(24,25)26)21(29)27-13-15-6-8-20-16(11-15)9-10-33(20,31)32/h2-8,11-12,31-32H,9-10,13H2,1H3,(H,27,29). The van der Waals surface area contributed by atoms with Gasteiger partial charge in [0, 0.05) is 23.7 Å². The molecule has 0 spiro atoms. The Morgan fingerprint density at radius 1 is 1.12 bits per heavy atom. The highest BCUT2D eigenvalue weighted by atomic mass is 32.3. The Hall–Kier alpha value is -3.08. The van der Waals surface area contributed by atoms with Crippen molar-refractivity contribution >= 4 is 16.5 Å². The van der Waals surface area contributed by atoms with Crippen molar-refractivity contribution in [2.45, 2.75) is 31.0 Å². The number of fused-ring (bicyclic) bond motifs is 1. The number of amides is 1. The maximum Gasteiger partial charge on any atom is 0.416 e. The number of pyridine rings is 1. The average Bonchev–Trinajstić information content (AvgIpc) is 3.06. The molecule has 3 aromatic rings. The summed E-state index contributed by atoms with van der Waals surface area (Å²) in [6.07, 6.45) is -4.04. The fourth-order valence-corrected chi connectivity index (χ4v) is 5.43. The van der Waals surface area contributed by atoms with Gasteiger partial charge in [-0.25, -0.2) is 0 Å². The number of nitrogens with one attached hydrogen (secondary N) is 1. The van der Waals surface area contributed by atoms with E-state index in [4.69, 9.17) is 0 Å². The number of aryl methyl sites for hydroxylation is 2. The summed E-state index contributed by atoms with van der Waals surface area (Å²) >= 11 is 0. The zero-order valence-electron chi connectivity index (χ0n) is 17.5. The lowest BCUT2D eigenvalue weighted by Gasteiger charge is -2.27. The third kappa shape index (κ3) is 4.54.